The summed E-state index contributed by atoms with van der Waals surface area (Å²) in [6.07, 6.45) is 11.8. The van der Waals surface area contributed by atoms with Crippen molar-refractivity contribution in [2.45, 2.75) is 185 Å². The monoisotopic (exact) mass is 734 g/mol. The topological polar surface area (TPSA) is 190 Å². The van der Waals surface area contributed by atoms with Crippen LogP contribution >= 0.6 is 0 Å². The van der Waals surface area contributed by atoms with Gasteiger partial charge in [0.2, 0.25) is 0 Å². The highest BCUT2D eigenvalue weighted by molar-refractivity contribution is 5.95. The first kappa shape index (κ1) is 40.7. The van der Waals surface area contributed by atoms with Gasteiger partial charge in [-0.1, -0.05) is 46.5 Å². The van der Waals surface area contributed by atoms with E-state index in [0.29, 0.717) is 63.4 Å². The minimum absolute atomic E-state index is 0.0417. The van der Waals surface area contributed by atoms with E-state index in [1.54, 1.807) is 13.0 Å². The largest absolute Gasteiger partial charge is 0.396 e. The molecule has 10 heteroatoms. The van der Waals surface area contributed by atoms with Crippen LogP contribution in [0.1, 0.15) is 137 Å². The highest BCUT2D eigenvalue weighted by Gasteiger charge is 2.70. The molecule has 4 aliphatic carbocycles. The van der Waals surface area contributed by atoms with Crippen molar-refractivity contribution in [1.82, 2.24) is 0 Å². The van der Waals surface area contributed by atoms with Crippen molar-refractivity contribution in [3.63, 3.8) is 0 Å². The lowest BCUT2D eigenvalue weighted by molar-refractivity contribution is -0.737. The predicted octanol–water partition coefficient (Wildman–Crippen LogP) is 3.08. The number of nitrogens with two attached hydrogens (primary N) is 2. The van der Waals surface area contributed by atoms with Gasteiger partial charge in [0.1, 0.15) is 12.3 Å². The maximum absolute atomic E-state index is 14.3. The molecule has 52 heavy (non-hydrogen) atoms. The van der Waals surface area contributed by atoms with Crippen LogP contribution in [0, 0.1) is 46.3 Å². The fraction of sp³-hybridized carbons (Fsp3) is 0.929. The highest BCUT2D eigenvalue weighted by atomic mass is 16.5. The van der Waals surface area contributed by atoms with Crippen molar-refractivity contribution in [2.75, 3.05) is 13.2 Å². The lowest BCUT2D eigenvalue weighted by atomic mass is 9.44. The number of allylic oxidation sites excluding steroid dienone is 1. The molecule has 0 spiro atoms. The van der Waals surface area contributed by atoms with Crippen molar-refractivity contribution >= 4 is 5.78 Å². The summed E-state index contributed by atoms with van der Waals surface area (Å²) in [5.74, 6) is -0.251. The number of carbonyl (C=O) groups excluding carboxylic acids is 1. The normalized spacial score (nSPS) is 46.6. The van der Waals surface area contributed by atoms with Gasteiger partial charge in [0.15, 0.2) is 5.78 Å². The third kappa shape index (κ3) is 7.02. The van der Waals surface area contributed by atoms with Crippen LogP contribution in [0.3, 0.4) is 0 Å². The molecule has 0 aromatic carbocycles. The zero-order chi connectivity index (χ0) is 37.6. The van der Waals surface area contributed by atoms with Crippen molar-refractivity contribution in [2.24, 2.45) is 52.1 Å². The van der Waals surface area contributed by atoms with Crippen molar-refractivity contribution in [3.8, 4) is 0 Å². The molecule has 0 bridgehead atoms. The Labute approximate surface area is 312 Å². The molecule has 10 nitrogen and oxygen atoms in total. The fourth-order valence-corrected chi connectivity index (χ4v) is 13.1. The van der Waals surface area contributed by atoms with Crippen LogP contribution < -0.4 is 11.1 Å². The summed E-state index contributed by atoms with van der Waals surface area (Å²) in [5.41, 5.74) is 2.84. The number of hydrogen-bond donors (Lipinski definition) is 8. The molecular weight excluding hydrogens is 660 g/mol. The minimum atomic E-state index is -1.52. The summed E-state index contributed by atoms with van der Waals surface area (Å²) >= 11 is 0. The minimum Gasteiger partial charge on any atom is -0.396 e. The van der Waals surface area contributed by atoms with E-state index in [1.165, 1.54) is 19.3 Å². The molecule has 0 amide bonds. The second-order valence-corrected chi connectivity index (χ2v) is 19.0. The van der Waals surface area contributed by atoms with Gasteiger partial charge >= 0.3 is 0 Å². The van der Waals surface area contributed by atoms with Gasteiger partial charge in [0.25, 0.3) is 0 Å². The number of fused-ring (bicyclic) bond motifs is 5. The van der Waals surface area contributed by atoms with Crippen LogP contribution in [0.2, 0.25) is 0 Å². The van der Waals surface area contributed by atoms with Gasteiger partial charge in [0.05, 0.1) is 42.2 Å². The number of aliphatic hydroxyl groups excluding tert-OH is 4. The molecule has 2 heterocycles. The number of hydrogen-bond acceptors (Lipinski definition) is 9. The first-order chi connectivity index (χ1) is 24.6. The summed E-state index contributed by atoms with van der Waals surface area (Å²) in [4.78, 5) is 14.3. The maximum atomic E-state index is 14.3. The van der Waals surface area contributed by atoms with E-state index >= 15 is 0 Å². The van der Waals surface area contributed by atoms with Crippen LogP contribution in [0.4, 0.5) is 0 Å². The molecule has 3 saturated carbocycles. The standard InChI is InChI=1S/C42H72N2O8/c1-5-6-7-8-10-27-24-52-37(25(27)2)38(49)40(4,50)35-16-19-42(51)29-21-32(46)30-22-33(47)34(48)23-41(30,28(29)15-17-39(35,42)3)18-14-26-12-13-36(43)44-31(26)11-9-20-45/h21,25-28,30-31,33-38,44-45,47-51H,5-20,22-24,43H2,1-4H3/p+1/t25-,26?,27-,28+,30+,31?,33+,34-,35+,36?,37+,38+,39+,40+,41+,42-/m0/s1. The molecule has 0 aromatic heterocycles. The first-order valence-corrected chi connectivity index (χ1v) is 21.2. The van der Waals surface area contributed by atoms with Gasteiger partial charge in [-0.15, -0.1) is 0 Å². The van der Waals surface area contributed by atoms with Gasteiger partial charge in [0, 0.05) is 36.7 Å². The van der Waals surface area contributed by atoms with E-state index in [-0.39, 0.29) is 42.9 Å². The summed E-state index contributed by atoms with van der Waals surface area (Å²) in [6, 6.07) is 0.283. The highest BCUT2D eigenvalue weighted by Crippen LogP contribution is 2.69. The summed E-state index contributed by atoms with van der Waals surface area (Å²) in [5, 5.41) is 71.3. The number of unbranched alkanes of at least 4 members (excludes halogenated alkanes) is 3. The molecular formula is C42H73N2O8+. The predicted molar refractivity (Wildman–Crippen MR) is 199 cm³/mol. The Balaban J connectivity index is 1.25. The Morgan fingerprint density at radius 3 is 2.52 bits per heavy atom. The third-order valence-corrected chi connectivity index (χ3v) is 16.3. The van der Waals surface area contributed by atoms with Crippen LogP contribution in [-0.4, -0.2) is 97.5 Å². The molecule has 0 aromatic rings. The number of aliphatic hydroxyl groups is 6. The maximum Gasteiger partial charge on any atom is 0.159 e. The summed E-state index contributed by atoms with van der Waals surface area (Å²) in [7, 11) is 0. The second-order valence-electron chi connectivity index (χ2n) is 19.0. The average molecular weight is 734 g/mol. The number of carbonyl (C=O) groups is 1. The Bertz CT molecular complexity index is 1280. The molecule has 10 N–H and O–H groups in total. The van der Waals surface area contributed by atoms with Crippen LogP contribution in [0.25, 0.3) is 0 Å². The van der Waals surface area contributed by atoms with Crippen molar-refractivity contribution < 1.29 is 45.5 Å². The Morgan fingerprint density at radius 2 is 1.79 bits per heavy atom. The van der Waals surface area contributed by atoms with E-state index in [2.05, 4.69) is 19.2 Å². The van der Waals surface area contributed by atoms with Crippen LogP contribution in [-0.2, 0) is 9.53 Å². The summed E-state index contributed by atoms with van der Waals surface area (Å²) < 4.78 is 6.25. The molecule has 2 saturated heterocycles. The lowest BCUT2D eigenvalue weighted by Crippen LogP contribution is -3.00. The number of piperidine rings is 1. The average Bonchev–Trinajstić information content (AvgIpc) is 3.62. The van der Waals surface area contributed by atoms with Crippen molar-refractivity contribution in [1.29, 1.82) is 0 Å². The van der Waals surface area contributed by atoms with Gasteiger partial charge in [-0.05, 0) is 118 Å². The molecule has 5 fully saturated rings. The van der Waals surface area contributed by atoms with Gasteiger partial charge in [-0.2, -0.15) is 0 Å². The molecule has 3 unspecified atom stereocenters. The van der Waals surface area contributed by atoms with E-state index in [4.69, 9.17) is 10.5 Å². The lowest BCUT2D eigenvalue weighted by Gasteiger charge is -2.62. The number of ketones is 1. The molecule has 298 valence electrons. The molecule has 6 rings (SSSR count). The Kier molecular flexibility index (Phi) is 12.4. The molecule has 16 atom stereocenters. The van der Waals surface area contributed by atoms with E-state index in [1.807, 2.05) is 6.92 Å². The quantitative estimate of drug-likeness (QED) is 0.124. The zero-order valence-corrected chi connectivity index (χ0v) is 32.6. The Hall–Kier alpha value is -0.950. The number of ether oxygens (including phenoxy) is 1. The second kappa shape index (κ2) is 15.9. The third-order valence-electron chi connectivity index (χ3n) is 16.3. The van der Waals surface area contributed by atoms with E-state index in [9.17, 15) is 35.4 Å². The van der Waals surface area contributed by atoms with Crippen LogP contribution in [0.5, 0.6) is 0 Å². The molecule has 0 radical (unpaired) electrons. The first-order valence-electron chi connectivity index (χ1n) is 21.2. The van der Waals surface area contributed by atoms with Crippen molar-refractivity contribution in [3.05, 3.63) is 11.6 Å². The smallest absolute Gasteiger partial charge is 0.159 e. The fourth-order valence-electron chi connectivity index (χ4n) is 13.1. The molecule has 2 aliphatic heterocycles. The number of rotatable bonds is 14. The van der Waals surface area contributed by atoms with E-state index in [0.717, 1.165) is 44.1 Å². The number of quaternary nitrogens is 1. The van der Waals surface area contributed by atoms with Gasteiger partial charge in [-0.3, -0.25) is 10.5 Å². The van der Waals surface area contributed by atoms with Crippen LogP contribution in [0.15, 0.2) is 11.6 Å². The summed E-state index contributed by atoms with van der Waals surface area (Å²) in [6.45, 7) is 8.85. The van der Waals surface area contributed by atoms with Gasteiger partial charge < -0.3 is 40.7 Å². The van der Waals surface area contributed by atoms with Gasteiger partial charge in [-0.25, -0.2) is 0 Å². The zero-order valence-electron chi connectivity index (χ0n) is 32.6. The SMILES string of the molecule is CCCCCC[C@H]1CO[C@@H]([C@@H](O)[C@](C)(O)[C@@H]2CC[C@]3(O)C4=CC(=O)[C@H]5C[C@@H](O)[C@@H](O)C[C@]5(CCC5CCC(N)[NH2+]C5CCCO)[C@@H]4CC[C@]23C)[C@H]1C. The van der Waals surface area contributed by atoms with E-state index < -0.39 is 58.3 Å². The molecule has 6 aliphatic rings. The Morgan fingerprint density at radius 1 is 1.02 bits per heavy atom.